The maximum absolute atomic E-state index is 12.3. The Labute approximate surface area is 149 Å². The molecule has 3 rings (SSSR count). The van der Waals surface area contributed by atoms with Crippen molar-refractivity contribution >= 4 is 17.6 Å². The van der Waals surface area contributed by atoms with Gasteiger partial charge in [0.05, 0.1) is 32.9 Å². The number of carbonyl (C=O) groups is 2. The van der Waals surface area contributed by atoms with E-state index < -0.39 is 11.9 Å². The Morgan fingerprint density at radius 1 is 1.15 bits per heavy atom. The quantitative estimate of drug-likeness (QED) is 0.722. The van der Waals surface area contributed by atoms with Crippen molar-refractivity contribution in [3.05, 3.63) is 53.8 Å². The number of esters is 2. The van der Waals surface area contributed by atoms with Crippen molar-refractivity contribution in [2.75, 3.05) is 32.5 Å². The molecular formula is C17H18N4O5. The summed E-state index contributed by atoms with van der Waals surface area (Å²) in [6, 6.07) is 7.47. The highest BCUT2D eigenvalue weighted by atomic mass is 16.5. The van der Waals surface area contributed by atoms with E-state index in [-0.39, 0.29) is 24.6 Å². The number of anilines is 1. The summed E-state index contributed by atoms with van der Waals surface area (Å²) < 4.78 is 16.7. The van der Waals surface area contributed by atoms with Gasteiger partial charge in [0.25, 0.3) is 0 Å². The first-order chi connectivity index (χ1) is 12.6. The third kappa shape index (κ3) is 3.57. The van der Waals surface area contributed by atoms with Crippen molar-refractivity contribution in [3.8, 4) is 0 Å². The van der Waals surface area contributed by atoms with Crippen molar-refractivity contribution in [1.29, 1.82) is 0 Å². The number of hydrogen-bond donors (Lipinski definition) is 0. The largest absolute Gasteiger partial charge is 0.466 e. The van der Waals surface area contributed by atoms with E-state index in [0.29, 0.717) is 12.2 Å². The third-order valence-electron chi connectivity index (χ3n) is 3.89. The van der Waals surface area contributed by atoms with Crippen molar-refractivity contribution in [3.63, 3.8) is 0 Å². The van der Waals surface area contributed by atoms with E-state index in [4.69, 9.17) is 14.2 Å². The van der Waals surface area contributed by atoms with E-state index in [2.05, 4.69) is 10.1 Å². The van der Waals surface area contributed by atoms with E-state index in [9.17, 15) is 9.59 Å². The van der Waals surface area contributed by atoms with Crippen LogP contribution in [0.4, 0.5) is 5.69 Å². The zero-order valence-electron chi connectivity index (χ0n) is 14.4. The average Bonchev–Trinajstić information content (AvgIpc) is 3.19. The molecule has 0 saturated carbocycles. The van der Waals surface area contributed by atoms with Crippen LogP contribution in [0.2, 0.25) is 0 Å². The molecule has 0 spiro atoms. The molecule has 9 heteroatoms. The van der Waals surface area contributed by atoms with Gasteiger partial charge in [-0.25, -0.2) is 19.3 Å². The van der Waals surface area contributed by atoms with Gasteiger partial charge in [0.1, 0.15) is 25.1 Å². The van der Waals surface area contributed by atoms with Crippen molar-refractivity contribution in [2.24, 2.45) is 0 Å². The summed E-state index contributed by atoms with van der Waals surface area (Å²) in [5.74, 6) is -1.25. The van der Waals surface area contributed by atoms with Gasteiger partial charge in [-0.2, -0.15) is 5.10 Å². The second kappa shape index (κ2) is 7.79. The number of rotatable bonds is 5. The average molecular weight is 358 g/mol. The molecule has 0 N–H and O–H groups in total. The summed E-state index contributed by atoms with van der Waals surface area (Å²) >= 11 is 0. The van der Waals surface area contributed by atoms with E-state index in [0.717, 1.165) is 5.56 Å². The van der Waals surface area contributed by atoms with Crippen LogP contribution in [0.15, 0.2) is 48.2 Å². The van der Waals surface area contributed by atoms with Crippen LogP contribution in [0.25, 0.3) is 0 Å². The zero-order valence-corrected chi connectivity index (χ0v) is 14.4. The van der Waals surface area contributed by atoms with Crippen LogP contribution in [0.1, 0.15) is 5.56 Å². The normalized spacial score (nSPS) is 14.3. The highest BCUT2D eigenvalue weighted by molar-refractivity contribution is 6.03. The molecule has 136 valence electrons. The molecule has 1 aliphatic rings. The SMILES string of the molecule is COC(=O)C1=C(C(=O)OC)N(c2ccc(Cn3cncn3)cc2)COC1. The summed E-state index contributed by atoms with van der Waals surface area (Å²) in [7, 11) is 2.52. The van der Waals surface area contributed by atoms with Crippen molar-refractivity contribution in [1.82, 2.24) is 14.8 Å². The number of benzene rings is 1. The van der Waals surface area contributed by atoms with Gasteiger partial charge in [0.2, 0.25) is 0 Å². The first-order valence-electron chi connectivity index (χ1n) is 7.80. The first kappa shape index (κ1) is 17.6. The van der Waals surface area contributed by atoms with Gasteiger partial charge >= 0.3 is 11.9 Å². The lowest BCUT2D eigenvalue weighted by atomic mass is 10.1. The predicted octanol–water partition coefficient (Wildman–Crippen LogP) is 0.721. The Morgan fingerprint density at radius 2 is 1.88 bits per heavy atom. The Hall–Kier alpha value is -3.20. The van der Waals surface area contributed by atoms with E-state index in [1.54, 1.807) is 15.9 Å². The highest BCUT2D eigenvalue weighted by Crippen LogP contribution is 2.27. The minimum atomic E-state index is -0.627. The summed E-state index contributed by atoms with van der Waals surface area (Å²) in [6.07, 6.45) is 3.11. The Balaban J connectivity index is 1.90. The maximum Gasteiger partial charge on any atom is 0.355 e. The summed E-state index contributed by atoms with van der Waals surface area (Å²) in [5, 5.41) is 4.06. The number of aromatic nitrogens is 3. The summed E-state index contributed by atoms with van der Waals surface area (Å²) in [5.41, 5.74) is 1.94. The molecule has 1 aromatic heterocycles. The molecule has 2 heterocycles. The predicted molar refractivity (Wildman–Crippen MR) is 89.9 cm³/mol. The van der Waals surface area contributed by atoms with Crippen molar-refractivity contribution < 1.29 is 23.8 Å². The number of hydrogen-bond acceptors (Lipinski definition) is 8. The Bertz CT molecular complexity index is 814. The lowest BCUT2D eigenvalue weighted by Gasteiger charge is -2.31. The number of carbonyl (C=O) groups excluding carboxylic acids is 2. The summed E-state index contributed by atoms with van der Waals surface area (Å²) in [6.45, 7) is 0.676. The number of ether oxygens (including phenoxy) is 3. The monoisotopic (exact) mass is 358 g/mol. The second-order valence-electron chi connectivity index (χ2n) is 5.48. The summed E-state index contributed by atoms with van der Waals surface area (Å²) in [4.78, 5) is 29.7. The molecule has 26 heavy (non-hydrogen) atoms. The van der Waals surface area contributed by atoms with E-state index in [1.807, 2.05) is 24.3 Å². The molecule has 0 amide bonds. The van der Waals surface area contributed by atoms with Crippen molar-refractivity contribution in [2.45, 2.75) is 6.54 Å². The van der Waals surface area contributed by atoms with Gasteiger partial charge in [0.15, 0.2) is 0 Å². The molecular weight excluding hydrogens is 340 g/mol. The molecule has 0 saturated heterocycles. The van der Waals surface area contributed by atoms with Crippen LogP contribution in [0, 0.1) is 0 Å². The number of nitrogens with zero attached hydrogens (tertiary/aromatic N) is 4. The van der Waals surface area contributed by atoms with Crippen LogP contribution in [0.5, 0.6) is 0 Å². The second-order valence-corrected chi connectivity index (χ2v) is 5.48. The fourth-order valence-corrected chi connectivity index (χ4v) is 2.63. The van der Waals surface area contributed by atoms with Crippen LogP contribution < -0.4 is 4.90 Å². The van der Waals surface area contributed by atoms with Gasteiger partial charge < -0.3 is 19.1 Å². The molecule has 0 bridgehead atoms. The van der Waals surface area contributed by atoms with Crippen LogP contribution in [-0.2, 0) is 30.3 Å². The fraction of sp³-hybridized carbons (Fsp3) is 0.294. The lowest BCUT2D eigenvalue weighted by Crippen LogP contribution is -2.38. The van der Waals surface area contributed by atoms with Gasteiger partial charge in [-0.3, -0.25) is 0 Å². The smallest absolute Gasteiger partial charge is 0.355 e. The van der Waals surface area contributed by atoms with Crippen LogP contribution in [-0.4, -0.2) is 54.3 Å². The molecule has 9 nitrogen and oxygen atoms in total. The van der Waals surface area contributed by atoms with E-state index >= 15 is 0 Å². The zero-order chi connectivity index (χ0) is 18.5. The molecule has 0 atom stereocenters. The minimum absolute atomic E-state index is 0.0159. The molecule has 0 fully saturated rings. The van der Waals surface area contributed by atoms with Crippen LogP contribution in [0.3, 0.4) is 0 Å². The van der Waals surface area contributed by atoms with E-state index in [1.165, 1.54) is 20.5 Å². The molecule has 1 aliphatic heterocycles. The molecule has 0 radical (unpaired) electrons. The van der Waals surface area contributed by atoms with Crippen LogP contribution >= 0.6 is 0 Å². The topological polar surface area (TPSA) is 95.8 Å². The van der Waals surface area contributed by atoms with Gasteiger partial charge in [-0.05, 0) is 17.7 Å². The molecule has 1 aromatic carbocycles. The van der Waals surface area contributed by atoms with Gasteiger partial charge in [-0.15, -0.1) is 0 Å². The molecule has 2 aromatic rings. The maximum atomic E-state index is 12.3. The Morgan fingerprint density at radius 3 is 2.50 bits per heavy atom. The first-order valence-corrected chi connectivity index (χ1v) is 7.80. The molecule has 0 unspecified atom stereocenters. The standard InChI is InChI=1S/C17H18N4O5/c1-24-16(22)14-8-26-11-21(15(14)17(23)25-2)13-5-3-12(4-6-13)7-20-10-18-9-19-20/h3-6,9-10H,7-8,11H2,1-2H3. The Kier molecular flexibility index (Phi) is 5.28. The fourth-order valence-electron chi connectivity index (χ4n) is 2.63. The highest BCUT2D eigenvalue weighted by Gasteiger charge is 2.32. The minimum Gasteiger partial charge on any atom is -0.466 e. The van der Waals surface area contributed by atoms with Gasteiger partial charge in [-0.1, -0.05) is 12.1 Å². The number of methoxy groups -OCH3 is 2. The lowest BCUT2D eigenvalue weighted by molar-refractivity contribution is -0.140. The molecule has 0 aliphatic carbocycles. The van der Waals surface area contributed by atoms with Gasteiger partial charge in [0, 0.05) is 5.69 Å². The third-order valence-corrected chi connectivity index (χ3v) is 3.89.